The van der Waals surface area contributed by atoms with Crippen molar-refractivity contribution >= 4 is 36.8 Å². The van der Waals surface area contributed by atoms with Gasteiger partial charge in [0.2, 0.25) is 13.6 Å². The number of nitrogens with zero attached hydrogens (tertiary/aromatic N) is 3. The zero-order valence-electron chi connectivity index (χ0n) is 20.2. The van der Waals surface area contributed by atoms with Crippen molar-refractivity contribution in [2.24, 2.45) is 0 Å². The molecule has 0 radical (unpaired) electrons. The maximum atomic E-state index is 13.1. The molecular formula is C20H31N4O10P. The Labute approximate surface area is 202 Å². The van der Waals surface area contributed by atoms with Crippen molar-refractivity contribution in [3.8, 4) is 0 Å². The molecule has 0 saturated carbocycles. The number of hydrogen-bond acceptors (Lipinski definition) is 13. The summed E-state index contributed by atoms with van der Waals surface area (Å²) in [7, 11) is -4.05. The lowest BCUT2D eigenvalue weighted by molar-refractivity contribution is -0.0369. The van der Waals surface area contributed by atoms with Gasteiger partial charge in [0.1, 0.15) is 11.9 Å². The van der Waals surface area contributed by atoms with Gasteiger partial charge in [0, 0.05) is 6.20 Å². The van der Waals surface area contributed by atoms with Crippen LogP contribution in [0.15, 0.2) is 18.6 Å². The number of imidazole rings is 1. The highest BCUT2D eigenvalue weighted by Gasteiger charge is 2.29. The average molecular weight is 518 g/mol. The molecule has 0 spiro atoms. The Bertz CT molecular complexity index is 996. The molecule has 0 amide bonds. The SMILES string of the molecule is CC(C)OC(=O)OCOP(=O)(CO[C@H](C)Cn1cnc2c(N)ccnc21)OCOC(=O)OC(C)C. The summed E-state index contributed by atoms with van der Waals surface area (Å²) in [6.07, 6.45) is -0.795. The molecule has 2 aromatic rings. The highest BCUT2D eigenvalue weighted by atomic mass is 31.2. The Hall–Kier alpha value is -2.93. The van der Waals surface area contributed by atoms with Gasteiger partial charge in [0.05, 0.1) is 36.9 Å². The van der Waals surface area contributed by atoms with Crippen molar-refractivity contribution in [3.05, 3.63) is 18.6 Å². The molecule has 0 unspecified atom stereocenters. The second-order valence-corrected chi connectivity index (χ2v) is 9.80. The number of nitrogens with two attached hydrogens (primary N) is 1. The number of carbonyl (C=O) groups is 2. The molecule has 2 N–H and O–H groups in total. The molecule has 0 saturated heterocycles. The number of nitrogen functional groups attached to an aromatic ring is 1. The van der Waals surface area contributed by atoms with Gasteiger partial charge in [0.15, 0.2) is 5.65 Å². The fourth-order valence-corrected chi connectivity index (χ4v) is 3.63. The summed E-state index contributed by atoms with van der Waals surface area (Å²) < 4.78 is 49.8. The van der Waals surface area contributed by atoms with E-state index < -0.39 is 58.2 Å². The summed E-state index contributed by atoms with van der Waals surface area (Å²) in [6, 6.07) is 1.64. The van der Waals surface area contributed by atoms with E-state index in [1.165, 1.54) is 0 Å². The first-order valence-corrected chi connectivity index (χ1v) is 12.4. The van der Waals surface area contributed by atoms with Gasteiger partial charge in [-0.3, -0.25) is 13.6 Å². The number of carbonyl (C=O) groups excluding carboxylic acids is 2. The van der Waals surface area contributed by atoms with Crippen LogP contribution in [0, 0.1) is 0 Å². The molecule has 0 aromatic carbocycles. The summed E-state index contributed by atoms with van der Waals surface area (Å²) in [4.78, 5) is 31.5. The molecule has 0 aliphatic rings. The van der Waals surface area contributed by atoms with E-state index in [4.69, 9.17) is 38.5 Å². The van der Waals surface area contributed by atoms with Gasteiger partial charge in [0.25, 0.3) is 0 Å². The molecule has 0 aliphatic heterocycles. The van der Waals surface area contributed by atoms with Crippen LogP contribution in [0.25, 0.3) is 11.2 Å². The van der Waals surface area contributed by atoms with E-state index in [9.17, 15) is 14.2 Å². The zero-order valence-corrected chi connectivity index (χ0v) is 21.1. The number of hydrogen-bond donors (Lipinski definition) is 1. The molecule has 14 nitrogen and oxygen atoms in total. The van der Waals surface area contributed by atoms with Crippen molar-refractivity contribution in [1.82, 2.24) is 14.5 Å². The Balaban J connectivity index is 1.95. The monoisotopic (exact) mass is 518 g/mol. The Morgan fingerprint density at radius 2 is 1.57 bits per heavy atom. The van der Waals surface area contributed by atoms with E-state index in [1.54, 1.807) is 57.8 Å². The highest BCUT2D eigenvalue weighted by Crippen LogP contribution is 2.48. The van der Waals surface area contributed by atoms with E-state index in [1.807, 2.05) is 0 Å². The number of rotatable bonds is 13. The second kappa shape index (κ2) is 13.2. The van der Waals surface area contributed by atoms with Crippen LogP contribution in [-0.4, -0.2) is 65.1 Å². The Kier molecular flexibility index (Phi) is 10.7. The van der Waals surface area contributed by atoms with Crippen LogP contribution >= 0.6 is 7.60 Å². The normalized spacial score (nSPS) is 12.7. The summed E-state index contributed by atoms with van der Waals surface area (Å²) in [5.41, 5.74) is 7.49. The molecular weight excluding hydrogens is 487 g/mol. The quantitative estimate of drug-likeness (QED) is 0.231. The molecule has 2 rings (SSSR count). The molecule has 2 aromatic heterocycles. The van der Waals surface area contributed by atoms with Gasteiger partial charge < -0.3 is 34.0 Å². The maximum absolute atomic E-state index is 13.1. The Morgan fingerprint density at radius 1 is 1.00 bits per heavy atom. The topological polar surface area (TPSA) is 173 Å². The van der Waals surface area contributed by atoms with Crippen LogP contribution < -0.4 is 5.73 Å². The maximum Gasteiger partial charge on any atom is 0.510 e. The molecule has 2 heterocycles. The van der Waals surface area contributed by atoms with E-state index in [0.29, 0.717) is 23.4 Å². The van der Waals surface area contributed by atoms with Crippen LogP contribution in [0.1, 0.15) is 34.6 Å². The summed E-state index contributed by atoms with van der Waals surface area (Å²) in [5.74, 6) is 0. The average Bonchev–Trinajstić information content (AvgIpc) is 3.15. The van der Waals surface area contributed by atoms with Gasteiger partial charge in [-0.1, -0.05) is 0 Å². The van der Waals surface area contributed by atoms with Gasteiger partial charge >= 0.3 is 19.9 Å². The summed E-state index contributed by atoms with van der Waals surface area (Å²) in [6.45, 7) is 7.05. The molecule has 0 aliphatic carbocycles. The predicted molar refractivity (Wildman–Crippen MR) is 122 cm³/mol. The highest BCUT2D eigenvalue weighted by molar-refractivity contribution is 7.53. The Morgan fingerprint density at radius 3 is 2.11 bits per heavy atom. The second-order valence-electron chi connectivity index (χ2n) is 7.80. The number of anilines is 1. The van der Waals surface area contributed by atoms with Crippen molar-refractivity contribution in [2.45, 2.75) is 59.5 Å². The molecule has 0 fully saturated rings. The lowest BCUT2D eigenvalue weighted by Gasteiger charge is -2.21. The van der Waals surface area contributed by atoms with E-state index in [-0.39, 0.29) is 0 Å². The summed E-state index contributed by atoms with van der Waals surface area (Å²) in [5, 5.41) is 0. The number of ether oxygens (including phenoxy) is 5. The van der Waals surface area contributed by atoms with Crippen LogP contribution in [0.4, 0.5) is 15.3 Å². The van der Waals surface area contributed by atoms with Crippen molar-refractivity contribution < 1.29 is 46.9 Å². The van der Waals surface area contributed by atoms with Crippen LogP contribution in [-0.2, 0) is 43.8 Å². The van der Waals surface area contributed by atoms with E-state index in [2.05, 4.69) is 9.97 Å². The van der Waals surface area contributed by atoms with Crippen molar-refractivity contribution in [1.29, 1.82) is 0 Å². The van der Waals surface area contributed by atoms with E-state index >= 15 is 0 Å². The zero-order chi connectivity index (χ0) is 26.0. The van der Waals surface area contributed by atoms with Gasteiger partial charge in [-0.25, -0.2) is 19.6 Å². The predicted octanol–water partition coefficient (Wildman–Crippen LogP) is 3.64. The smallest absolute Gasteiger partial charge is 0.432 e. The third kappa shape index (κ3) is 9.68. The fourth-order valence-electron chi connectivity index (χ4n) is 2.54. The molecule has 1 atom stereocenters. The summed E-state index contributed by atoms with van der Waals surface area (Å²) >= 11 is 0. The molecule has 196 valence electrons. The van der Waals surface area contributed by atoms with Gasteiger partial charge in [-0.15, -0.1) is 0 Å². The van der Waals surface area contributed by atoms with Crippen molar-refractivity contribution in [2.75, 3.05) is 25.7 Å². The first-order chi connectivity index (χ1) is 16.5. The third-order valence-electron chi connectivity index (χ3n) is 4.02. The molecule has 35 heavy (non-hydrogen) atoms. The first kappa shape index (κ1) is 28.3. The lowest BCUT2D eigenvalue weighted by Crippen LogP contribution is -2.20. The minimum Gasteiger partial charge on any atom is -0.432 e. The molecule has 0 bridgehead atoms. The van der Waals surface area contributed by atoms with Crippen molar-refractivity contribution in [3.63, 3.8) is 0 Å². The van der Waals surface area contributed by atoms with Crippen LogP contribution in [0.5, 0.6) is 0 Å². The van der Waals surface area contributed by atoms with Crippen LogP contribution in [0.3, 0.4) is 0 Å². The lowest BCUT2D eigenvalue weighted by atomic mass is 10.3. The molecule has 15 heteroatoms. The van der Waals surface area contributed by atoms with Gasteiger partial charge in [-0.05, 0) is 40.7 Å². The number of pyridine rings is 1. The number of aromatic nitrogens is 3. The fraction of sp³-hybridized carbons (Fsp3) is 0.600. The largest absolute Gasteiger partial charge is 0.510 e. The standard InChI is InChI=1S/C20H31N4O10P/c1-13(2)33-19(25)28-10-31-35(27,32-11-29-20(26)34-14(3)4)12-30-15(5)8-24-9-23-17-16(21)6-7-22-18(17)24/h6-7,9,13-15H,8,10-12H2,1-5H3,(H2,21,22)/t15-/m1/s1. The first-order valence-electron chi connectivity index (χ1n) is 10.7. The van der Waals surface area contributed by atoms with E-state index in [0.717, 1.165) is 0 Å². The number of fused-ring (bicyclic) bond motifs is 1. The van der Waals surface area contributed by atoms with Crippen LogP contribution in [0.2, 0.25) is 0 Å². The minimum absolute atomic E-state index is 0.293. The van der Waals surface area contributed by atoms with Gasteiger partial charge in [-0.2, -0.15) is 0 Å². The minimum atomic E-state index is -4.05. The third-order valence-corrected chi connectivity index (χ3v) is 5.48.